The zero-order valence-corrected chi connectivity index (χ0v) is 41.9. The molecular weight excluding hydrogens is 770 g/mol. The first-order valence-electron chi connectivity index (χ1n) is 20.8. The Morgan fingerprint density at radius 3 is 1.88 bits per heavy atom. The maximum atomic E-state index is 10.0. The summed E-state index contributed by atoms with van der Waals surface area (Å²) in [4.78, 5) is 10.0. The molecule has 0 bridgehead atoms. The molecule has 1 fully saturated rings. The average Bonchev–Trinajstić information content (AvgIpc) is 3.69. The molecule has 326 valence electrons. The molecule has 0 aromatic heterocycles. The van der Waals surface area contributed by atoms with Crippen LogP contribution in [0.15, 0.2) is 98.1 Å². The lowest BCUT2D eigenvalue weighted by atomic mass is 9.99. The fraction of sp³-hybridized carbons (Fsp3) is 0.529. The molecule has 1 N–H and O–H groups in total. The number of rotatable bonds is 17. The number of unbranched alkanes of at least 4 members (excludes halogenated alkanes) is 3. The van der Waals surface area contributed by atoms with Gasteiger partial charge in [-0.25, -0.2) is 0 Å². The van der Waals surface area contributed by atoms with E-state index in [-0.39, 0.29) is 0 Å². The van der Waals surface area contributed by atoms with Crippen molar-refractivity contribution in [2.45, 2.75) is 139 Å². The monoisotopic (exact) mass is 858 g/mol. The Morgan fingerprint density at radius 2 is 1.47 bits per heavy atom. The number of hydrogen-bond acceptors (Lipinski definition) is 5. The quantitative estimate of drug-likeness (QED) is 0.0282. The Balaban J connectivity index is -0.000000145. The molecule has 1 saturated carbocycles. The lowest BCUT2D eigenvalue weighted by Gasteiger charge is -2.08. The number of nitrogens with one attached hydrogen (secondary N) is 1. The number of thiol groups is 2. The highest BCUT2D eigenvalue weighted by Crippen LogP contribution is 2.30. The van der Waals surface area contributed by atoms with Crippen LogP contribution in [0.25, 0.3) is 0 Å². The molecule has 4 unspecified atom stereocenters. The Bertz CT molecular complexity index is 1140. The molecule has 1 aliphatic rings. The van der Waals surface area contributed by atoms with Gasteiger partial charge in [-0.15, -0.1) is 38.3 Å². The van der Waals surface area contributed by atoms with E-state index in [0.717, 1.165) is 31.1 Å². The van der Waals surface area contributed by atoms with Crippen molar-refractivity contribution in [2.75, 3.05) is 19.8 Å². The fourth-order valence-corrected chi connectivity index (χ4v) is 6.03. The number of benzene rings is 2. The zero-order chi connectivity index (χ0) is 45.1. The Labute approximate surface area is 374 Å². The van der Waals surface area contributed by atoms with Crippen LogP contribution in [-0.2, 0) is 11.2 Å². The molecule has 0 spiro atoms. The highest BCUT2D eigenvalue weighted by molar-refractivity contribution is 8.40. The van der Waals surface area contributed by atoms with Crippen molar-refractivity contribution < 1.29 is 4.79 Å². The van der Waals surface area contributed by atoms with Gasteiger partial charge in [0.15, 0.2) is 0 Å². The molecule has 2 aromatic carbocycles. The number of allylic oxidation sites excluding steroid dienone is 5. The highest BCUT2D eigenvalue weighted by atomic mass is 32.7. The number of hydrogen-bond donors (Lipinski definition) is 3. The van der Waals surface area contributed by atoms with E-state index in [2.05, 4.69) is 195 Å². The van der Waals surface area contributed by atoms with Gasteiger partial charge in [-0.05, 0) is 134 Å². The van der Waals surface area contributed by atoms with Crippen LogP contribution in [0.4, 0.5) is 0 Å². The molecule has 4 atom stereocenters. The second kappa shape index (κ2) is 58.1. The number of terminal acetylenes is 1. The van der Waals surface area contributed by atoms with E-state index in [1.165, 1.54) is 98.2 Å². The third-order valence-electron chi connectivity index (χ3n) is 8.54. The topological polar surface area (TPSA) is 29.1 Å². The Kier molecular flexibility index (Phi) is 67.9. The van der Waals surface area contributed by atoms with Crippen molar-refractivity contribution >= 4 is 62.3 Å². The van der Waals surface area contributed by atoms with Crippen molar-refractivity contribution in [2.24, 2.45) is 17.8 Å². The van der Waals surface area contributed by atoms with Gasteiger partial charge in [0.25, 0.3) is 0 Å². The summed E-state index contributed by atoms with van der Waals surface area (Å²) < 4.78 is 0. The number of thiocarbonyl (C=S) groups is 1. The van der Waals surface area contributed by atoms with Gasteiger partial charge in [-0.1, -0.05) is 169 Å². The standard InChI is InChI=1S/C15H26.C13H19PS.C8H10.C7H15NO.C2H6.C2H4.C2H2.CH4S.CH2S/c1-4-5-7-13(2)8-6-9-15-11-10-14(3)12-15;1-2-3-4-5-6-7-12-8-10-13(14-15)11-9-12;1-7-3-5-8(2)6-4-7;1-3-7(4-5-9)6-8-2;5*1-2/h6,9,13,15H,3-5,7-8,10-12H2,1-2H3;2-3,8-11,14-15H,4-7H2,1H3;3-6H,1-2H3;5,7-8H,3-4,6H2,1-2H3;1-2H3;1-2H2;1-2H;2H,1H3;1H2/b9-6+;3-2-;;;;;;;. The minimum absolute atomic E-state index is 0.535. The third kappa shape index (κ3) is 49.9. The van der Waals surface area contributed by atoms with Crippen LogP contribution in [0.5, 0.6) is 0 Å². The predicted molar refractivity (Wildman–Crippen MR) is 281 cm³/mol. The summed E-state index contributed by atoms with van der Waals surface area (Å²) in [5.74, 6) is 5.04. The van der Waals surface area contributed by atoms with Crippen LogP contribution >= 0.6 is 44.9 Å². The van der Waals surface area contributed by atoms with Crippen molar-refractivity contribution in [1.29, 1.82) is 0 Å². The first-order chi connectivity index (χ1) is 27.7. The molecule has 0 saturated heterocycles. The van der Waals surface area contributed by atoms with Gasteiger partial charge >= 0.3 is 0 Å². The van der Waals surface area contributed by atoms with E-state index in [1.807, 2.05) is 20.9 Å². The van der Waals surface area contributed by atoms with Crippen LogP contribution in [0.3, 0.4) is 0 Å². The maximum Gasteiger partial charge on any atom is 0.120 e. The average molecular weight is 858 g/mol. The van der Waals surface area contributed by atoms with Crippen molar-refractivity contribution in [3.8, 4) is 12.8 Å². The summed E-state index contributed by atoms with van der Waals surface area (Å²) >= 11 is 11.6. The summed E-state index contributed by atoms with van der Waals surface area (Å²) in [5, 5.41) is 4.37. The molecule has 3 rings (SSSR count). The Morgan fingerprint density at radius 1 is 0.930 bits per heavy atom. The summed E-state index contributed by atoms with van der Waals surface area (Å²) in [6.45, 7) is 28.0. The van der Waals surface area contributed by atoms with Crippen LogP contribution in [0.1, 0.15) is 135 Å². The largest absolute Gasteiger partial charge is 0.319 e. The minimum Gasteiger partial charge on any atom is -0.319 e. The molecular formula is C51H88NOPS3. The molecule has 1 aliphatic carbocycles. The van der Waals surface area contributed by atoms with Crippen molar-refractivity contribution in [3.05, 3.63) is 115 Å². The first kappa shape index (κ1) is 66.6. The molecule has 57 heavy (non-hydrogen) atoms. The molecule has 6 heteroatoms. The predicted octanol–water partition coefficient (Wildman–Crippen LogP) is 15.6. The maximum absolute atomic E-state index is 10.0. The molecule has 0 aliphatic heterocycles. The van der Waals surface area contributed by atoms with Crippen LogP contribution in [0, 0.1) is 44.4 Å². The van der Waals surface area contributed by atoms with E-state index in [1.54, 1.807) is 6.26 Å². The first-order valence-corrected chi connectivity index (χ1v) is 24.6. The van der Waals surface area contributed by atoms with Gasteiger partial charge in [0.1, 0.15) is 6.29 Å². The molecule has 2 aromatic rings. The van der Waals surface area contributed by atoms with E-state index in [0.29, 0.717) is 20.1 Å². The number of carbonyl (C=O) groups is 1. The van der Waals surface area contributed by atoms with E-state index in [9.17, 15) is 4.79 Å². The van der Waals surface area contributed by atoms with Crippen LogP contribution < -0.4 is 10.6 Å². The second-order valence-corrected chi connectivity index (χ2v) is 14.6. The molecule has 0 amide bonds. The molecule has 0 heterocycles. The number of aldehydes is 1. The summed E-state index contributed by atoms with van der Waals surface area (Å²) in [7, 11) is 2.52. The number of aryl methyl sites for hydroxylation is 3. The van der Waals surface area contributed by atoms with Crippen LogP contribution in [0.2, 0.25) is 0 Å². The van der Waals surface area contributed by atoms with E-state index in [4.69, 9.17) is 0 Å². The lowest BCUT2D eigenvalue weighted by Crippen LogP contribution is -2.18. The zero-order valence-electron chi connectivity index (χ0n) is 38.3. The van der Waals surface area contributed by atoms with Gasteiger partial charge in [-0.3, -0.25) is 0 Å². The smallest absolute Gasteiger partial charge is 0.120 e. The summed E-state index contributed by atoms with van der Waals surface area (Å²) in [5.41, 5.74) is 5.56. The van der Waals surface area contributed by atoms with Gasteiger partial charge in [0.05, 0.1) is 0 Å². The minimum atomic E-state index is 0.535. The van der Waals surface area contributed by atoms with Crippen molar-refractivity contribution in [3.63, 3.8) is 0 Å². The normalized spacial score (nSPS) is 13.2. The lowest BCUT2D eigenvalue weighted by molar-refractivity contribution is -0.108. The summed E-state index contributed by atoms with van der Waals surface area (Å²) in [6.07, 6.45) is 35.8. The van der Waals surface area contributed by atoms with Crippen LogP contribution in [-0.4, -0.2) is 32.0 Å². The Hall–Kier alpha value is -2.19. The van der Waals surface area contributed by atoms with Gasteiger partial charge in [0.2, 0.25) is 0 Å². The third-order valence-corrected chi connectivity index (χ3v) is 9.91. The fourth-order valence-electron chi connectivity index (χ4n) is 5.26. The van der Waals surface area contributed by atoms with E-state index < -0.39 is 0 Å². The van der Waals surface area contributed by atoms with Gasteiger partial charge in [-0.2, -0.15) is 12.6 Å². The van der Waals surface area contributed by atoms with Crippen molar-refractivity contribution in [1.82, 2.24) is 5.32 Å². The van der Waals surface area contributed by atoms with E-state index >= 15 is 0 Å². The SMILES string of the molecule is C#C.C/C=C\CCCCc1ccc(PS)cc1.C=C.C=C1CCC(/C=C/CC(C)CCCC)C1.C=S.CC.CCC(CC=O)CNC.CS.Cc1ccc(C)cc1. The van der Waals surface area contributed by atoms with Gasteiger partial charge in [0, 0.05) is 6.42 Å². The molecule has 2 nitrogen and oxygen atoms in total. The summed E-state index contributed by atoms with van der Waals surface area (Å²) in [6, 6.07) is 17.3. The molecule has 0 radical (unpaired) electrons. The number of carbonyl (C=O) groups excluding carboxylic acids is 1. The van der Waals surface area contributed by atoms with Gasteiger partial charge < -0.3 is 10.1 Å². The highest BCUT2D eigenvalue weighted by Gasteiger charge is 2.14. The second-order valence-electron chi connectivity index (χ2n) is 13.2.